The van der Waals surface area contributed by atoms with Crippen LogP contribution in [0.4, 0.5) is 0 Å². The van der Waals surface area contributed by atoms with Gasteiger partial charge >= 0.3 is 0 Å². The summed E-state index contributed by atoms with van der Waals surface area (Å²) in [5, 5.41) is 0. The Labute approximate surface area is 167 Å². The van der Waals surface area contributed by atoms with Gasteiger partial charge in [0.2, 0.25) is 0 Å². The molecule has 27 heavy (non-hydrogen) atoms. The molecule has 0 N–H and O–H groups in total. The van der Waals surface area contributed by atoms with E-state index in [1.54, 1.807) is 0 Å². The third-order valence-corrected chi connectivity index (χ3v) is 7.03. The van der Waals surface area contributed by atoms with Gasteiger partial charge in [0.25, 0.3) is 0 Å². The van der Waals surface area contributed by atoms with Crippen molar-refractivity contribution in [3.63, 3.8) is 0 Å². The molecule has 0 bridgehead atoms. The van der Waals surface area contributed by atoms with E-state index in [0.717, 1.165) is 30.8 Å². The van der Waals surface area contributed by atoms with Crippen molar-refractivity contribution >= 4 is 0 Å². The van der Waals surface area contributed by atoms with Crippen LogP contribution in [-0.4, -0.2) is 61.3 Å². The van der Waals surface area contributed by atoms with E-state index in [2.05, 4.69) is 62.6 Å². The monoisotopic (exact) mass is 374 g/mol. The summed E-state index contributed by atoms with van der Waals surface area (Å²) in [5.41, 5.74) is 1.45. The van der Waals surface area contributed by atoms with Crippen molar-refractivity contribution in [2.75, 3.05) is 39.3 Å². The highest BCUT2D eigenvalue weighted by Crippen LogP contribution is 2.35. The van der Waals surface area contributed by atoms with Gasteiger partial charge in [0.05, 0.1) is 6.10 Å². The molecule has 3 heteroatoms. The molecule has 0 aromatic carbocycles. The molecule has 0 spiro atoms. The fourth-order valence-electron chi connectivity index (χ4n) is 5.12. The molecular weight excluding hydrogens is 332 g/mol. The van der Waals surface area contributed by atoms with Gasteiger partial charge in [0.1, 0.15) is 0 Å². The Morgan fingerprint density at radius 1 is 1.15 bits per heavy atom. The Morgan fingerprint density at radius 3 is 2.52 bits per heavy atom. The first-order valence-electron chi connectivity index (χ1n) is 11.4. The lowest BCUT2D eigenvalue weighted by Crippen LogP contribution is -2.55. The van der Waals surface area contributed by atoms with Crippen LogP contribution in [0.2, 0.25) is 0 Å². The molecule has 0 saturated carbocycles. The number of piperidine rings is 1. The lowest BCUT2D eigenvalue weighted by molar-refractivity contribution is -0.0103. The average molecular weight is 375 g/mol. The third-order valence-electron chi connectivity index (χ3n) is 7.03. The quantitative estimate of drug-likeness (QED) is 0.577. The minimum atomic E-state index is 0.295. The summed E-state index contributed by atoms with van der Waals surface area (Å²) in [6.07, 6.45) is 10.8. The minimum absolute atomic E-state index is 0.295. The second-order valence-corrected chi connectivity index (χ2v) is 9.75. The molecule has 2 fully saturated rings. The minimum Gasteiger partial charge on any atom is -0.374 e. The zero-order valence-electron chi connectivity index (χ0n) is 18.4. The molecule has 154 valence electrons. The fraction of sp³-hybridized carbons (Fsp3) is 0.833. The van der Waals surface area contributed by atoms with Gasteiger partial charge in [-0.15, -0.1) is 0 Å². The molecule has 1 aliphatic carbocycles. The van der Waals surface area contributed by atoms with Crippen molar-refractivity contribution in [2.45, 2.75) is 66.0 Å². The van der Waals surface area contributed by atoms with Crippen molar-refractivity contribution < 1.29 is 4.74 Å². The van der Waals surface area contributed by atoms with Gasteiger partial charge in [-0.1, -0.05) is 39.0 Å². The number of rotatable bonds is 8. The van der Waals surface area contributed by atoms with E-state index < -0.39 is 0 Å². The van der Waals surface area contributed by atoms with Crippen LogP contribution in [0, 0.1) is 23.7 Å². The van der Waals surface area contributed by atoms with Gasteiger partial charge < -0.3 is 14.5 Å². The van der Waals surface area contributed by atoms with E-state index in [4.69, 9.17) is 4.74 Å². The second-order valence-electron chi connectivity index (χ2n) is 9.75. The maximum Gasteiger partial charge on any atom is 0.0793 e. The van der Waals surface area contributed by atoms with Gasteiger partial charge in [0, 0.05) is 38.8 Å². The largest absolute Gasteiger partial charge is 0.374 e. The smallest absolute Gasteiger partial charge is 0.0793 e. The maximum absolute atomic E-state index is 6.06. The molecule has 0 aromatic heterocycles. The Hall–Kier alpha value is -0.640. The van der Waals surface area contributed by atoms with Crippen LogP contribution < -0.4 is 0 Å². The predicted octanol–water partition coefficient (Wildman–Crippen LogP) is 4.60. The summed E-state index contributed by atoms with van der Waals surface area (Å²) in [6.45, 7) is 19.0. The fourth-order valence-corrected chi connectivity index (χ4v) is 5.12. The number of ether oxygens (including phenoxy) is 1. The summed E-state index contributed by atoms with van der Waals surface area (Å²) in [6, 6.07) is 0.706. The molecule has 2 aliphatic heterocycles. The average Bonchev–Trinajstić information content (AvgIpc) is 2.61. The molecule has 3 atom stereocenters. The number of hydrogen-bond acceptors (Lipinski definition) is 3. The number of hydrogen-bond donors (Lipinski definition) is 0. The maximum atomic E-state index is 6.06. The Morgan fingerprint density at radius 2 is 1.93 bits per heavy atom. The van der Waals surface area contributed by atoms with Crippen LogP contribution in [0.15, 0.2) is 23.8 Å². The number of likely N-dealkylation sites (tertiary alicyclic amines) is 2. The van der Waals surface area contributed by atoms with Gasteiger partial charge in [-0.05, 0) is 68.9 Å². The highest BCUT2D eigenvalue weighted by molar-refractivity contribution is 5.25. The third kappa shape index (κ3) is 5.68. The first-order valence-corrected chi connectivity index (χ1v) is 11.4. The van der Waals surface area contributed by atoms with Crippen LogP contribution in [0.1, 0.15) is 53.9 Å². The molecule has 0 aromatic rings. The lowest BCUT2D eigenvalue weighted by atomic mass is 9.74. The van der Waals surface area contributed by atoms with Gasteiger partial charge in [-0.3, -0.25) is 0 Å². The summed E-state index contributed by atoms with van der Waals surface area (Å²) >= 11 is 0. The number of allylic oxidation sites excluding steroid dienone is 2. The standard InChI is InChI=1S/C24H42N2O/c1-18(2)21-7-9-23(10-8-21)27-14-6-12-25-16-22(17-25)24-11-13-26(19(3)4)15-20(24)5/h7-9,18-20,22-24H,6,10-17H2,1-5H3/t20-,23?,24?/m1/s1. The summed E-state index contributed by atoms with van der Waals surface area (Å²) in [4.78, 5) is 5.30. The molecular formula is C24H42N2O. The van der Waals surface area contributed by atoms with Gasteiger partial charge in [0.15, 0.2) is 0 Å². The SMILES string of the molecule is CC(C)C1=CCC(OCCCN2CC(C3CCN(C(C)C)C[C@H]3C)C2)C=C1. The van der Waals surface area contributed by atoms with Crippen LogP contribution >= 0.6 is 0 Å². The van der Waals surface area contributed by atoms with Crippen molar-refractivity contribution in [1.82, 2.24) is 9.80 Å². The van der Waals surface area contributed by atoms with Crippen LogP contribution in [0.25, 0.3) is 0 Å². The number of nitrogens with zero attached hydrogens (tertiary/aromatic N) is 2. The summed E-state index contributed by atoms with van der Waals surface area (Å²) < 4.78 is 6.06. The molecule has 3 nitrogen and oxygen atoms in total. The Balaban J connectivity index is 1.26. The van der Waals surface area contributed by atoms with E-state index in [9.17, 15) is 0 Å². The van der Waals surface area contributed by atoms with Crippen molar-refractivity contribution in [1.29, 1.82) is 0 Å². The first-order chi connectivity index (χ1) is 12.9. The Bertz CT molecular complexity index is 518. The van der Waals surface area contributed by atoms with E-state index in [1.165, 1.54) is 51.1 Å². The normalized spacial score (nSPS) is 30.8. The first kappa shape index (κ1) is 21.1. The second kappa shape index (κ2) is 9.71. The van der Waals surface area contributed by atoms with Crippen molar-refractivity contribution in [3.05, 3.63) is 23.8 Å². The van der Waals surface area contributed by atoms with E-state index >= 15 is 0 Å². The van der Waals surface area contributed by atoms with E-state index in [1.807, 2.05) is 0 Å². The molecule has 2 unspecified atom stereocenters. The highest BCUT2D eigenvalue weighted by atomic mass is 16.5. The van der Waals surface area contributed by atoms with Crippen LogP contribution in [0.5, 0.6) is 0 Å². The predicted molar refractivity (Wildman–Crippen MR) is 115 cm³/mol. The summed E-state index contributed by atoms with van der Waals surface area (Å²) in [5.74, 6) is 3.37. The lowest BCUT2D eigenvalue weighted by Gasteiger charge is -2.49. The molecule has 2 saturated heterocycles. The highest BCUT2D eigenvalue weighted by Gasteiger charge is 2.38. The van der Waals surface area contributed by atoms with Crippen molar-refractivity contribution in [2.24, 2.45) is 23.7 Å². The molecule has 3 rings (SSSR count). The van der Waals surface area contributed by atoms with E-state index in [-0.39, 0.29) is 0 Å². The molecule has 3 aliphatic rings. The zero-order valence-corrected chi connectivity index (χ0v) is 18.4. The zero-order chi connectivity index (χ0) is 19.4. The van der Waals surface area contributed by atoms with Gasteiger partial charge in [-0.25, -0.2) is 0 Å². The van der Waals surface area contributed by atoms with Gasteiger partial charge in [-0.2, -0.15) is 0 Å². The van der Waals surface area contributed by atoms with Crippen LogP contribution in [0.3, 0.4) is 0 Å². The topological polar surface area (TPSA) is 15.7 Å². The molecule has 0 amide bonds. The molecule has 0 radical (unpaired) electrons. The Kier molecular flexibility index (Phi) is 7.58. The summed E-state index contributed by atoms with van der Waals surface area (Å²) in [7, 11) is 0. The molecule has 2 heterocycles. The van der Waals surface area contributed by atoms with Crippen molar-refractivity contribution in [3.8, 4) is 0 Å². The van der Waals surface area contributed by atoms with E-state index in [0.29, 0.717) is 18.1 Å². The van der Waals surface area contributed by atoms with Crippen LogP contribution in [-0.2, 0) is 4.74 Å².